The summed E-state index contributed by atoms with van der Waals surface area (Å²) in [7, 11) is 0. The van der Waals surface area contributed by atoms with Gasteiger partial charge >= 0.3 is 6.36 Å². The van der Waals surface area contributed by atoms with Gasteiger partial charge in [0.25, 0.3) is 0 Å². The molecule has 0 atom stereocenters. The van der Waals surface area contributed by atoms with E-state index in [2.05, 4.69) is 30.6 Å². The van der Waals surface area contributed by atoms with E-state index in [1.165, 1.54) is 18.2 Å². The average molecular weight is 418 g/mol. The van der Waals surface area contributed by atoms with Crippen molar-refractivity contribution < 1.29 is 23.0 Å². The van der Waals surface area contributed by atoms with Crippen LogP contribution in [0.25, 0.3) is 0 Å². The minimum atomic E-state index is -4.76. The Kier molecular flexibility index (Phi) is 4.88. The maximum atomic E-state index is 12.4. The van der Waals surface area contributed by atoms with Crippen LogP contribution in [-0.2, 0) is 5.60 Å². The summed E-state index contributed by atoms with van der Waals surface area (Å²) in [6, 6.07) is 5.50. The number of aliphatic hydroxyl groups is 1. The topological polar surface area (TPSA) is 58.5 Å². The van der Waals surface area contributed by atoms with Gasteiger partial charge in [-0.05, 0) is 46.5 Å². The van der Waals surface area contributed by atoms with E-state index in [0.29, 0.717) is 37.4 Å². The second-order valence-corrected chi connectivity index (χ2v) is 6.71. The highest BCUT2D eigenvalue weighted by atomic mass is 79.9. The maximum absolute atomic E-state index is 12.4. The van der Waals surface area contributed by atoms with Crippen LogP contribution in [0.15, 0.2) is 41.1 Å². The number of halogens is 4. The Hall–Kier alpha value is -1.87. The van der Waals surface area contributed by atoms with Gasteiger partial charge in [-0.2, -0.15) is 0 Å². The van der Waals surface area contributed by atoms with Crippen LogP contribution in [0.4, 0.5) is 19.1 Å². The van der Waals surface area contributed by atoms with E-state index in [4.69, 9.17) is 0 Å². The van der Waals surface area contributed by atoms with Crippen LogP contribution in [0, 0.1) is 0 Å². The van der Waals surface area contributed by atoms with Crippen LogP contribution in [0.2, 0.25) is 0 Å². The summed E-state index contributed by atoms with van der Waals surface area (Å²) in [5.74, 6) is 0.219. The third-order valence-corrected chi connectivity index (χ3v) is 4.49. The first-order chi connectivity index (χ1) is 11.8. The number of ether oxygens (including phenoxy) is 1. The third kappa shape index (κ3) is 4.40. The smallest absolute Gasteiger partial charge is 0.406 e. The molecule has 2 heterocycles. The molecule has 3 rings (SSSR count). The lowest BCUT2D eigenvalue weighted by atomic mass is 9.84. The number of hydrogen-bond donors (Lipinski definition) is 1. The second kappa shape index (κ2) is 6.80. The van der Waals surface area contributed by atoms with Gasteiger partial charge in [-0.1, -0.05) is 12.1 Å². The quantitative estimate of drug-likeness (QED) is 0.826. The van der Waals surface area contributed by atoms with Crippen LogP contribution in [0.5, 0.6) is 5.75 Å². The molecular formula is C16H15BrF3N3O2. The Labute approximate surface area is 150 Å². The van der Waals surface area contributed by atoms with Gasteiger partial charge in [-0.3, -0.25) is 0 Å². The van der Waals surface area contributed by atoms with E-state index in [1.54, 1.807) is 18.5 Å². The zero-order valence-electron chi connectivity index (χ0n) is 13.0. The van der Waals surface area contributed by atoms with Crippen molar-refractivity contribution in [2.45, 2.75) is 24.8 Å². The number of nitrogens with zero attached hydrogens (tertiary/aromatic N) is 3. The summed E-state index contributed by atoms with van der Waals surface area (Å²) in [5, 5.41) is 10.9. The molecule has 1 aromatic heterocycles. The fraction of sp³-hybridized carbons (Fsp3) is 0.375. The lowest BCUT2D eigenvalue weighted by Crippen LogP contribution is -2.43. The van der Waals surface area contributed by atoms with E-state index < -0.39 is 12.0 Å². The predicted molar refractivity (Wildman–Crippen MR) is 88.2 cm³/mol. The molecule has 1 aromatic carbocycles. The molecule has 134 valence electrons. The van der Waals surface area contributed by atoms with Gasteiger partial charge in [-0.15, -0.1) is 13.2 Å². The summed E-state index contributed by atoms with van der Waals surface area (Å²) in [5.41, 5.74) is -0.803. The highest BCUT2D eigenvalue weighted by Gasteiger charge is 2.36. The Morgan fingerprint density at radius 3 is 2.40 bits per heavy atom. The molecule has 0 spiro atoms. The van der Waals surface area contributed by atoms with Crippen molar-refractivity contribution in [2.75, 3.05) is 18.0 Å². The minimum absolute atomic E-state index is 0.336. The number of alkyl halides is 3. The second-order valence-electron chi connectivity index (χ2n) is 5.80. The van der Waals surface area contributed by atoms with Crippen LogP contribution in [-0.4, -0.2) is 34.5 Å². The lowest BCUT2D eigenvalue weighted by Gasteiger charge is -2.38. The summed E-state index contributed by atoms with van der Waals surface area (Å²) >= 11 is 3.27. The van der Waals surface area contributed by atoms with Crippen LogP contribution < -0.4 is 9.64 Å². The first-order valence-corrected chi connectivity index (χ1v) is 8.36. The Bertz CT molecular complexity index is 732. The molecule has 0 amide bonds. The molecule has 1 N–H and O–H groups in total. The molecule has 0 saturated carbocycles. The first-order valence-electron chi connectivity index (χ1n) is 7.56. The highest BCUT2D eigenvalue weighted by molar-refractivity contribution is 9.10. The van der Waals surface area contributed by atoms with Crippen molar-refractivity contribution in [1.29, 1.82) is 0 Å². The molecule has 2 aromatic rings. The number of benzene rings is 1. The molecule has 9 heteroatoms. The zero-order valence-corrected chi connectivity index (χ0v) is 14.6. The maximum Gasteiger partial charge on any atom is 0.573 e. The van der Waals surface area contributed by atoms with E-state index >= 15 is 0 Å². The Morgan fingerprint density at radius 1 is 1.16 bits per heavy atom. The van der Waals surface area contributed by atoms with Gasteiger partial charge in [0.05, 0.1) is 10.1 Å². The first kappa shape index (κ1) is 17.9. The highest BCUT2D eigenvalue weighted by Crippen LogP contribution is 2.36. The van der Waals surface area contributed by atoms with Crippen molar-refractivity contribution in [3.8, 4) is 5.75 Å². The number of hydrogen-bond acceptors (Lipinski definition) is 5. The van der Waals surface area contributed by atoms with Gasteiger partial charge in [0.15, 0.2) is 0 Å². The SMILES string of the molecule is OC1(c2cccc(OC(F)(F)F)c2)CCN(c2ncc(Br)cn2)CC1. The van der Waals surface area contributed by atoms with E-state index in [0.717, 1.165) is 4.47 Å². The molecule has 1 fully saturated rings. The number of piperidine rings is 1. The van der Waals surface area contributed by atoms with Crippen molar-refractivity contribution >= 4 is 21.9 Å². The largest absolute Gasteiger partial charge is 0.573 e. The molecule has 1 saturated heterocycles. The fourth-order valence-corrected chi connectivity index (χ4v) is 3.02. The number of anilines is 1. The number of rotatable bonds is 3. The normalized spacial score (nSPS) is 17.4. The molecule has 0 radical (unpaired) electrons. The van der Waals surface area contributed by atoms with Crippen LogP contribution in [0.3, 0.4) is 0 Å². The van der Waals surface area contributed by atoms with Gasteiger partial charge in [0, 0.05) is 25.5 Å². The van der Waals surface area contributed by atoms with Gasteiger partial charge in [0.2, 0.25) is 5.95 Å². The van der Waals surface area contributed by atoms with Crippen molar-refractivity contribution in [3.63, 3.8) is 0 Å². The molecule has 0 unspecified atom stereocenters. The standard InChI is InChI=1S/C16H15BrF3N3O2/c17-12-9-21-14(22-10-12)23-6-4-15(24,5-7-23)11-2-1-3-13(8-11)25-16(18,19)20/h1-3,8-10,24H,4-7H2. The van der Waals surface area contributed by atoms with Gasteiger partial charge in [0.1, 0.15) is 5.75 Å². The molecule has 1 aliphatic heterocycles. The molecule has 25 heavy (non-hydrogen) atoms. The lowest BCUT2D eigenvalue weighted by molar-refractivity contribution is -0.274. The van der Waals surface area contributed by atoms with Gasteiger partial charge < -0.3 is 14.7 Å². The summed E-state index contributed by atoms with van der Waals surface area (Å²) in [6.07, 6.45) is -0.782. The summed E-state index contributed by atoms with van der Waals surface area (Å²) < 4.78 is 41.8. The fourth-order valence-electron chi connectivity index (χ4n) is 2.82. The van der Waals surface area contributed by atoms with E-state index in [1.807, 2.05) is 4.90 Å². The molecular weight excluding hydrogens is 403 g/mol. The predicted octanol–water partition coefficient (Wildman–Crippen LogP) is 3.63. The third-order valence-electron chi connectivity index (χ3n) is 4.09. The zero-order chi connectivity index (χ0) is 18.1. The van der Waals surface area contributed by atoms with E-state index in [-0.39, 0.29) is 5.75 Å². The molecule has 5 nitrogen and oxygen atoms in total. The van der Waals surface area contributed by atoms with Crippen molar-refractivity contribution in [2.24, 2.45) is 0 Å². The Balaban J connectivity index is 1.72. The molecule has 0 aliphatic carbocycles. The van der Waals surface area contributed by atoms with Crippen LogP contribution >= 0.6 is 15.9 Å². The monoisotopic (exact) mass is 417 g/mol. The summed E-state index contributed by atoms with van der Waals surface area (Å²) in [4.78, 5) is 10.4. The van der Waals surface area contributed by atoms with E-state index in [9.17, 15) is 18.3 Å². The van der Waals surface area contributed by atoms with Crippen molar-refractivity contribution in [1.82, 2.24) is 9.97 Å². The molecule has 1 aliphatic rings. The van der Waals surface area contributed by atoms with Gasteiger partial charge in [-0.25, -0.2) is 9.97 Å². The average Bonchev–Trinajstić information content (AvgIpc) is 2.55. The Morgan fingerprint density at radius 2 is 1.80 bits per heavy atom. The number of aromatic nitrogens is 2. The van der Waals surface area contributed by atoms with Crippen LogP contribution in [0.1, 0.15) is 18.4 Å². The minimum Gasteiger partial charge on any atom is -0.406 e. The molecule has 0 bridgehead atoms. The van der Waals surface area contributed by atoms with Crippen molar-refractivity contribution in [3.05, 3.63) is 46.7 Å². The summed E-state index contributed by atoms with van der Waals surface area (Å²) in [6.45, 7) is 0.977.